The predicted molar refractivity (Wildman–Crippen MR) is 122 cm³/mol. The van der Waals surface area contributed by atoms with Crippen LogP contribution in [0.5, 0.6) is 0 Å². The lowest BCUT2D eigenvalue weighted by molar-refractivity contribution is -0.137. The minimum atomic E-state index is -4.40. The number of hydrogen-bond acceptors (Lipinski definition) is 4. The predicted octanol–water partition coefficient (Wildman–Crippen LogP) is 5.46. The molecule has 0 bridgehead atoms. The molecule has 1 saturated carbocycles. The van der Waals surface area contributed by atoms with Crippen LogP contribution in [0.4, 0.5) is 13.2 Å². The largest absolute Gasteiger partial charge is 0.416 e. The quantitative estimate of drug-likeness (QED) is 0.405. The third kappa shape index (κ3) is 3.79. The summed E-state index contributed by atoms with van der Waals surface area (Å²) in [7, 11) is 0. The molecule has 2 aromatic heterocycles. The Hall–Kier alpha value is -2.91. The van der Waals surface area contributed by atoms with Gasteiger partial charge in [0.15, 0.2) is 5.65 Å². The van der Waals surface area contributed by atoms with Crippen molar-refractivity contribution < 1.29 is 23.1 Å². The van der Waals surface area contributed by atoms with Crippen molar-refractivity contribution in [2.45, 2.75) is 38.4 Å². The van der Waals surface area contributed by atoms with Gasteiger partial charge in [0.25, 0.3) is 5.91 Å². The van der Waals surface area contributed by atoms with Crippen LogP contribution < -0.4 is 5.32 Å². The number of carbonyl (C=O) groups is 1. The Morgan fingerprint density at radius 2 is 1.97 bits per heavy atom. The SMILES string of the molecule is Cc1snc2c1c1cc(C(=O)N[C@H](CO)C3CCC3)ccc1n2-c1ccc(C(F)(F)F)cc1. The van der Waals surface area contributed by atoms with Crippen molar-refractivity contribution in [3.05, 3.63) is 58.5 Å². The molecule has 4 aromatic rings. The fourth-order valence-electron chi connectivity index (χ4n) is 4.48. The zero-order valence-electron chi connectivity index (χ0n) is 17.8. The Bertz CT molecular complexity index is 1340. The third-order valence-corrected chi connectivity index (χ3v) is 7.25. The molecular weight excluding hydrogens is 451 g/mol. The molecule has 2 heterocycles. The van der Waals surface area contributed by atoms with E-state index in [0.29, 0.717) is 22.8 Å². The molecule has 0 spiro atoms. The number of carbonyl (C=O) groups excluding carboxylic acids is 1. The van der Waals surface area contributed by atoms with Crippen LogP contribution in [0.3, 0.4) is 0 Å². The van der Waals surface area contributed by atoms with E-state index in [1.165, 1.54) is 23.7 Å². The number of aryl methyl sites for hydroxylation is 1. The molecule has 1 atom stereocenters. The number of halogens is 3. The van der Waals surface area contributed by atoms with Gasteiger partial charge >= 0.3 is 6.18 Å². The van der Waals surface area contributed by atoms with Crippen molar-refractivity contribution in [3.63, 3.8) is 0 Å². The summed E-state index contributed by atoms with van der Waals surface area (Å²) < 4.78 is 45.4. The summed E-state index contributed by atoms with van der Waals surface area (Å²) in [6.45, 7) is 1.84. The van der Waals surface area contributed by atoms with E-state index in [0.717, 1.165) is 52.6 Å². The number of benzene rings is 2. The van der Waals surface area contributed by atoms with Gasteiger partial charge in [-0.2, -0.15) is 17.5 Å². The second-order valence-electron chi connectivity index (χ2n) is 8.50. The van der Waals surface area contributed by atoms with Gasteiger partial charge in [-0.05, 0) is 79.7 Å². The molecule has 1 amide bonds. The van der Waals surface area contributed by atoms with E-state index in [9.17, 15) is 23.1 Å². The molecule has 5 nitrogen and oxygen atoms in total. The van der Waals surface area contributed by atoms with Crippen molar-refractivity contribution in [1.29, 1.82) is 0 Å². The maximum atomic E-state index is 13.0. The van der Waals surface area contributed by atoms with Crippen molar-refractivity contribution in [3.8, 4) is 5.69 Å². The van der Waals surface area contributed by atoms with Gasteiger partial charge in [0.1, 0.15) is 0 Å². The van der Waals surface area contributed by atoms with Crippen LogP contribution in [0.15, 0.2) is 42.5 Å². The number of aliphatic hydroxyl groups is 1. The molecule has 0 saturated heterocycles. The molecule has 1 aliphatic carbocycles. The van der Waals surface area contributed by atoms with Gasteiger partial charge in [0.2, 0.25) is 0 Å². The molecule has 0 radical (unpaired) electrons. The van der Waals surface area contributed by atoms with Crippen LogP contribution >= 0.6 is 11.5 Å². The second kappa shape index (κ2) is 8.14. The lowest BCUT2D eigenvalue weighted by Crippen LogP contribution is -2.45. The summed E-state index contributed by atoms with van der Waals surface area (Å²) in [5.41, 5.74) is 1.73. The van der Waals surface area contributed by atoms with Crippen molar-refractivity contribution in [2.75, 3.05) is 6.61 Å². The lowest BCUT2D eigenvalue weighted by Gasteiger charge is -2.33. The number of rotatable bonds is 5. The number of nitrogens with one attached hydrogen (secondary N) is 1. The van der Waals surface area contributed by atoms with Gasteiger partial charge in [0, 0.05) is 26.9 Å². The number of aliphatic hydroxyl groups excluding tert-OH is 1. The summed E-state index contributed by atoms with van der Waals surface area (Å²) >= 11 is 1.31. The fraction of sp³-hybridized carbons (Fsp3) is 0.333. The number of aromatic nitrogens is 2. The summed E-state index contributed by atoms with van der Waals surface area (Å²) in [6.07, 6.45) is -1.29. The molecule has 5 rings (SSSR count). The maximum Gasteiger partial charge on any atom is 0.416 e. The van der Waals surface area contributed by atoms with Crippen molar-refractivity contribution in [1.82, 2.24) is 14.3 Å². The first-order valence-electron chi connectivity index (χ1n) is 10.8. The molecule has 33 heavy (non-hydrogen) atoms. The monoisotopic (exact) mass is 473 g/mol. The van der Waals surface area contributed by atoms with E-state index in [1.54, 1.807) is 18.2 Å². The third-order valence-electron chi connectivity index (χ3n) is 6.51. The van der Waals surface area contributed by atoms with Crippen LogP contribution in [0.2, 0.25) is 0 Å². The lowest BCUT2D eigenvalue weighted by atomic mass is 9.80. The van der Waals surface area contributed by atoms with E-state index in [-0.39, 0.29) is 18.6 Å². The number of amides is 1. The average Bonchev–Trinajstić information content (AvgIpc) is 3.28. The Kier molecular flexibility index (Phi) is 5.41. The van der Waals surface area contributed by atoms with E-state index in [1.807, 2.05) is 11.5 Å². The van der Waals surface area contributed by atoms with E-state index in [4.69, 9.17) is 0 Å². The summed E-state index contributed by atoms with van der Waals surface area (Å²) in [5, 5.41) is 14.3. The van der Waals surface area contributed by atoms with Gasteiger partial charge < -0.3 is 10.4 Å². The molecule has 0 aliphatic heterocycles. The molecule has 2 aromatic carbocycles. The maximum absolute atomic E-state index is 13.0. The van der Waals surface area contributed by atoms with Crippen LogP contribution in [0.1, 0.15) is 40.1 Å². The fourth-order valence-corrected chi connectivity index (χ4v) is 5.17. The van der Waals surface area contributed by atoms with E-state index >= 15 is 0 Å². The van der Waals surface area contributed by atoms with Gasteiger partial charge in [-0.3, -0.25) is 9.36 Å². The van der Waals surface area contributed by atoms with E-state index in [2.05, 4.69) is 9.69 Å². The Morgan fingerprint density at radius 3 is 2.58 bits per heavy atom. The average molecular weight is 474 g/mol. The second-order valence-corrected chi connectivity index (χ2v) is 9.48. The first kappa shape index (κ1) is 21.9. The minimum absolute atomic E-state index is 0.0965. The van der Waals surface area contributed by atoms with Crippen LogP contribution in [-0.4, -0.2) is 32.6 Å². The Morgan fingerprint density at radius 1 is 1.24 bits per heavy atom. The first-order chi connectivity index (χ1) is 15.8. The number of nitrogens with zero attached hydrogens (tertiary/aromatic N) is 2. The highest BCUT2D eigenvalue weighted by Gasteiger charge is 2.31. The Labute approximate surface area is 192 Å². The van der Waals surface area contributed by atoms with Gasteiger partial charge in [-0.15, -0.1) is 0 Å². The number of fused-ring (bicyclic) bond motifs is 3. The normalized spacial score (nSPS) is 15.7. The smallest absolute Gasteiger partial charge is 0.394 e. The molecule has 1 aliphatic rings. The van der Waals surface area contributed by atoms with Crippen molar-refractivity contribution >= 4 is 39.4 Å². The molecule has 9 heteroatoms. The standard InChI is InChI=1S/C24H22F3N3O2S/c1-13-21-18-11-15(23(32)28-19(12-31)14-3-2-4-14)5-10-20(18)30(22(21)29-33-13)17-8-6-16(7-9-17)24(25,26)27/h5-11,14,19,31H,2-4,12H2,1H3,(H,28,32)/t19-/m1/s1. The van der Waals surface area contributed by atoms with Crippen LogP contribution in [0.25, 0.3) is 27.6 Å². The molecular formula is C24H22F3N3O2S. The zero-order valence-corrected chi connectivity index (χ0v) is 18.6. The first-order valence-corrected chi connectivity index (χ1v) is 11.5. The van der Waals surface area contributed by atoms with E-state index < -0.39 is 11.7 Å². The van der Waals surface area contributed by atoms with Gasteiger partial charge in [0.05, 0.1) is 23.7 Å². The molecule has 0 unspecified atom stereocenters. The van der Waals surface area contributed by atoms with Crippen LogP contribution in [0, 0.1) is 12.8 Å². The molecule has 1 fully saturated rings. The number of hydrogen-bond donors (Lipinski definition) is 2. The van der Waals surface area contributed by atoms with Gasteiger partial charge in [-0.1, -0.05) is 6.42 Å². The Balaban J connectivity index is 1.57. The highest BCUT2D eigenvalue weighted by molar-refractivity contribution is 7.07. The minimum Gasteiger partial charge on any atom is -0.394 e. The van der Waals surface area contributed by atoms with Gasteiger partial charge in [-0.25, -0.2) is 0 Å². The summed E-state index contributed by atoms with van der Waals surface area (Å²) in [6, 6.07) is 10.0. The zero-order chi connectivity index (χ0) is 23.3. The number of alkyl halides is 3. The summed E-state index contributed by atoms with van der Waals surface area (Å²) in [4.78, 5) is 13.9. The van der Waals surface area contributed by atoms with Crippen molar-refractivity contribution in [2.24, 2.45) is 5.92 Å². The molecule has 172 valence electrons. The highest BCUT2D eigenvalue weighted by Crippen LogP contribution is 2.37. The van der Waals surface area contributed by atoms with Crippen LogP contribution in [-0.2, 0) is 6.18 Å². The highest BCUT2D eigenvalue weighted by atomic mass is 32.1. The topological polar surface area (TPSA) is 67.2 Å². The molecule has 2 N–H and O–H groups in total. The summed E-state index contributed by atoms with van der Waals surface area (Å²) in [5.74, 6) is 0.0533.